The highest BCUT2D eigenvalue weighted by atomic mass is 19.1. The van der Waals surface area contributed by atoms with E-state index in [0.29, 0.717) is 17.3 Å². The van der Waals surface area contributed by atoms with E-state index in [2.05, 4.69) is 25.8 Å². The van der Waals surface area contributed by atoms with Gasteiger partial charge in [0.2, 0.25) is 11.8 Å². The third-order valence-corrected chi connectivity index (χ3v) is 4.64. The van der Waals surface area contributed by atoms with Gasteiger partial charge in [-0.05, 0) is 65.4 Å². The van der Waals surface area contributed by atoms with Crippen molar-refractivity contribution in [2.24, 2.45) is 0 Å². The van der Waals surface area contributed by atoms with E-state index in [9.17, 15) is 13.6 Å². The smallest absolute Gasteiger partial charge is 0.249 e. The van der Waals surface area contributed by atoms with Crippen molar-refractivity contribution in [1.29, 1.82) is 0 Å². The summed E-state index contributed by atoms with van der Waals surface area (Å²) in [5.74, 6) is 0.101. The van der Waals surface area contributed by atoms with E-state index >= 15 is 0 Å². The molecule has 0 saturated heterocycles. The summed E-state index contributed by atoms with van der Waals surface area (Å²) in [7, 11) is 0. The van der Waals surface area contributed by atoms with Crippen LogP contribution in [0.3, 0.4) is 0 Å². The highest BCUT2D eigenvalue weighted by Gasteiger charge is 2.24. The van der Waals surface area contributed by atoms with Gasteiger partial charge in [-0.3, -0.25) is 4.79 Å². The summed E-state index contributed by atoms with van der Waals surface area (Å²) in [6.07, 6.45) is 1.70. The van der Waals surface area contributed by atoms with Crippen LogP contribution in [0.2, 0.25) is 0 Å². The molecule has 1 unspecified atom stereocenters. The molecule has 1 amide bonds. The van der Waals surface area contributed by atoms with Crippen LogP contribution in [0.1, 0.15) is 17.4 Å². The van der Waals surface area contributed by atoms with E-state index < -0.39 is 6.04 Å². The van der Waals surface area contributed by atoms with Crippen LogP contribution >= 0.6 is 0 Å². The predicted octanol–water partition coefficient (Wildman–Crippen LogP) is 3.87. The number of tetrazole rings is 1. The van der Waals surface area contributed by atoms with Crippen molar-refractivity contribution >= 4 is 11.6 Å². The van der Waals surface area contributed by atoms with Gasteiger partial charge in [0, 0.05) is 12.5 Å². The van der Waals surface area contributed by atoms with Crippen molar-refractivity contribution in [3.8, 4) is 11.6 Å². The molecule has 0 saturated carbocycles. The second kappa shape index (κ2) is 9.29. The van der Waals surface area contributed by atoms with Crippen molar-refractivity contribution < 1.29 is 18.3 Å². The molecule has 0 aliphatic rings. The van der Waals surface area contributed by atoms with Gasteiger partial charge in [-0.1, -0.05) is 12.1 Å². The van der Waals surface area contributed by atoms with E-state index in [1.807, 2.05) is 0 Å². The van der Waals surface area contributed by atoms with E-state index in [1.165, 1.54) is 47.3 Å². The summed E-state index contributed by atoms with van der Waals surface area (Å²) in [5, 5.41) is 14.2. The molecular formula is C22H18F2N6O2. The fourth-order valence-electron chi connectivity index (χ4n) is 3.02. The van der Waals surface area contributed by atoms with Crippen LogP contribution in [0, 0.1) is 18.6 Å². The molecule has 8 nitrogen and oxygen atoms in total. The summed E-state index contributed by atoms with van der Waals surface area (Å²) in [4.78, 5) is 17.2. The van der Waals surface area contributed by atoms with Crippen molar-refractivity contribution in [2.45, 2.75) is 19.4 Å². The molecule has 0 spiro atoms. The number of benzene rings is 2. The fourth-order valence-corrected chi connectivity index (χ4v) is 3.02. The Morgan fingerprint density at radius 3 is 2.31 bits per heavy atom. The second-order valence-corrected chi connectivity index (χ2v) is 6.95. The zero-order chi connectivity index (χ0) is 22.5. The number of nitrogens with zero attached hydrogens (tertiary/aromatic N) is 5. The molecule has 1 atom stereocenters. The maximum absolute atomic E-state index is 13.2. The Labute approximate surface area is 181 Å². The highest BCUT2D eigenvalue weighted by Crippen LogP contribution is 2.22. The van der Waals surface area contributed by atoms with Crippen LogP contribution in [0.5, 0.6) is 11.6 Å². The molecule has 2 heterocycles. The third kappa shape index (κ3) is 5.09. The minimum Gasteiger partial charge on any atom is -0.439 e. The number of aromatic nitrogens is 5. The minimum absolute atomic E-state index is 0.261. The average Bonchev–Trinajstić information content (AvgIpc) is 3.21. The molecule has 0 radical (unpaired) electrons. The molecule has 2 aromatic heterocycles. The van der Waals surface area contributed by atoms with Gasteiger partial charge in [0.05, 0.1) is 11.9 Å². The van der Waals surface area contributed by atoms with Crippen molar-refractivity contribution in [1.82, 2.24) is 25.2 Å². The van der Waals surface area contributed by atoms with Gasteiger partial charge in [0.15, 0.2) is 0 Å². The predicted molar refractivity (Wildman–Crippen MR) is 111 cm³/mol. The molecular weight excluding hydrogens is 418 g/mol. The maximum Gasteiger partial charge on any atom is 0.249 e. The SMILES string of the molecule is Cc1nnnn1C(Cc1ccc(F)cc1)C(=O)Nc1ccc(Oc2ccc(F)cc2)nc1. The van der Waals surface area contributed by atoms with Gasteiger partial charge in [-0.2, -0.15) is 0 Å². The lowest BCUT2D eigenvalue weighted by atomic mass is 10.1. The van der Waals surface area contributed by atoms with Crippen LogP contribution in [-0.2, 0) is 11.2 Å². The number of amides is 1. The molecule has 0 bridgehead atoms. The Balaban J connectivity index is 1.48. The van der Waals surface area contributed by atoms with E-state index in [-0.39, 0.29) is 29.8 Å². The van der Waals surface area contributed by atoms with E-state index in [4.69, 9.17) is 4.74 Å². The molecule has 162 valence electrons. The number of anilines is 1. The van der Waals surface area contributed by atoms with Crippen LogP contribution < -0.4 is 10.1 Å². The zero-order valence-corrected chi connectivity index (χ0v) is 16.9. The molecule has 10 heteroatoms. The van der Waals surface area contributed by atoms with Gasteiger partial charge in [-0.25, -0.2) is 18.4 Å². The second-order valence-electron chi connectivity index (χ2n) is 6.95. The topological polar surface area (TPSA) is 94.8 Å². The average molecular weight is 436 g/mol. The summed E-state index contributed by atoms with van der Waals surface area (Å²) < 4.78 is 33.2. The molecule has 0 aliphatic heterocycles. The van der Waals surface area contributed by atoms with Gasteiger partial charge >= 0.3 is 0 Å². The first-order valence-electron chi connectivity index (χ1n) is 9.67. The number of pyridine rings is 1. The summed E-state index contributed by atoms with van der Waals surface area (Å²) >= 11 is 0. The zero-order valence-electron chi connectivity index (χ0n) is 16.9. The Hall–Kier alpha value is -4.21. The molecule has 4 aromatic rings. The fraction of sp³-hybridized carbons (Fsp3) is 0.136. The number of nitrogens with one attached hydrogen (secondary N) is 1. The minimum atomic E-state index is -0.759. The molecule has 4 rings (SSSR count). The number of carbonyl (C=O) groups is 1. The van der Waals surface area contributed by atoms with E-state index in [0.717, 1.165) is 5.56 Å². The molecule has 32 heavy (non-hydrogen) atoms. The Morgan fingerprint density at radius 2 is 1.72 bits per heavy atom. The monoisotopic (exact) mass is 436 g/mol. The van der Waals surface area contributed by atoms with Crippen molar-refractivity contribution in [2.75, 3.05) is 5.32 Å². The first-order valence-corrected chi connectivity index (χ1v) is 9.67. The first-order chi connectivity index (χ1) is 15.5. The largest absolute Gasteiger partial charge is 0.439 e. The quantitative estimate of drug-likeness (QED) is 0.473. The van der Waals surface area contributed by atoms with Gasteiger partial charge in [0.25, 0.3) is 0 Å². The van der Waals surface area contributed by atoms with Crippen LogP contribution in [0.25, 0.3) is 0 Å². The van der Waals surface area contributed by atoms with Crippen LogP contribution in [-0.4, -0.2) is 31.1 Å². The third-order valence-electron chi connectivity index (χ3n) is 4.64. The normalized spacial score (nSPS) is 11.7. The highest BCUT2D eigenvalue weighted by molar-refractivity contribution is 5.93. The lowest BCUT2D eigenvalue weighted by molar-refractivity contribution is -0.119. The standard InChI is InChI=1S/C22H18F2N6O2/c1-14-27-28-29-30(14)20(12-15-2-4-16(23)5-3-15)22(31)26-18-8-11-21(25-13-18)32-19-9-6-17(24)7-10-19/h2-11,13,20H,12H2,1H3,(H,26,31). The molecule has 0 aliphatic carbocycles. The molecule has 0 fully saturated rings. The van der Waals surface area contributed by atoms with Gasteiger partial charge in [-0.15, -0.1) is 5.10 Å². The van der Waals surface area contributed by atoms with Crippen molar-refractivity contribution in [3.05, 3.63) is 89.9 Å². The number of carbonyl (C=O) groups excluding carboxylic acids is 1. The Bertz CT molecular complexity index is 1190. The van der Waals surface area contributed by atoms with Gasteiger partial charge in [0.1, 0.15) is 29.3 Å². The lowest BCUT2D eigenvalue weighted by Crippen LogP contribution is -2.29. The number of rotatable bonds is 7. The lowest BCUT2D eigenvalue weighted by Gasteiger charge is -2.17. The first kappa shape index (κ1) is 21.0. The number of halogens is 2. The maximum atomic E-state index is 13.2. The van der Waals surface area contributed by atoms with Crippen molar-refractivity contribution in [3.63, 3.8) is 0 Å². The Kier molecular flexibility index (Phi) is 6.11. The number of ether oxygens (including phenoxy) is 1. The van der Waals surface area contributed by atoms with Crippen LogP contribution in [0.15, 0.2) is 66.9 Å². The molecule has 1 N–H and O–H groups in total. The Morgan fingerprint density at radius 1 is 1.03 bits per heavy atom. The molecule has 2 aromatic carbocycles. The summed E-state index contributed by atoms with van der Waals surface area (Å²) in [6.45, 7) is 1.69. The van der Waals surface area contributed by atoms with Gasteiger partial charge < -0.3 is 10.1 Å². The van der Waals surface area contributed by atoms with Crippen LogP contribution in [0.4, 0.5) is 14.5 Å². The summed E-state index contributed by atoms with van der Waals surface area (Å²) in [6, 6.07) is 13.9. The summed E-state index contributed by atoms with van der Waals surface area (Å²) in [5.41, 5.74) is 1.19. The number of hydrogen-bond acceptors (Lipinski definition) is 6. The number of hydrogen-bond donors (Lipinski definition) is 1. The number of aryl methyl sites for hydroxylation is 1. The van der Waals surface area contributed by atoms with E-state index in [1.54, 1.807) is 31.2 Å².